The maximum atomic E-state index is 3.77. The molecule has 2 fully saturated rings. The van der Waals surface area contributed by atoms with E-state index in [1.54, 1.807) is 0 Å². The largest absolute Gasteiger partial charge is 0.314 e. The van der Waals surface area contributed by atoms with Crippen molar-refractivity contribution < 1.29 is 0 Å². The molecule has 1 saturated heterocycles. The molecule has 3 heteroatoms. The Balaban J connectivity index is 1.83. The van der Waals surface area contributed by atoms with Crippen molar-refractivity contribution in [3.63, 3.8) is 0 Å². The first-order chi connectivity index (χ1) is 9.11. The molecule has 1 aliphatic carbocycles. The van der Waals surface area contributed by atoms with Crippen LogP contribution in [0.5, 0.6) is 0 Å². The van der Waals surface area contributed by atoms with Gasteiger partial charge < -0.3 is 5.32 Å². The average Bonchev–Trinajstić information content (AvgIpc) is 2.80. The minimum atomic E-state index is 0.701. The second kappa shape index (κ2) is 7.05. The quantitative estimate of drug-likeness (QED) is 0.824. The molecule has 0 radical (unpaired) electrons. The van der Waals surface area contributed by atoms with Crippen LogP contribution in [-0.2, 0) is 0 Å². The summed E-state index contributed by atoms with van der Waals surface area (Å²) in [5, 5.41) is 3.77. The number of rotatable bonds is 5. The van der Waals surface area contributed by atoms with Crippen LogP contribution in [0.1, 0.15) is 46.5 Å². The molecule has 4 unspecified atom stereocenters. The van der Waals surface area contributed by atoms with Crippen LogP contribution in [0.3, 0.4) is 0 Å². The van der Waals surface area contributed by atoms with E-state index >= 15 is 0 Å². The van der Waals surface area contributed by atoms with E-state index in [0.29, 0.717) is 12.1 Å². The number of nitrogens with zero attached hydrogens (tertiary/aromatic N) is 2. The standard InChI is InChI=1S/C16H33N3/c1-5-9-17-16-8-6-7-15(16)12-19-10-13(2)18(4)14(3)11-19/h13-17H,5-12H2,1-4H3. The summed E-state index contributed by atoms with van der Waals surface area (Å²) in [6, 6.07) is 2.18. The van der Waals surface area contributed by atoms with Crippen molar-refractivity contribution in [1.29, 1.82) is 0 Å². The highest BCUT2D eigenvalue weighted by Gasteiger charge is 2.32. The summed E-state index contributed by atoms with van der Waals surface area (Å²) in [5.41, 5.74) is 0. The predicted octanol–water partition coefficient (Wildman–Crippen LogP) is 2.18. The summed E-state index contributed by atoms with van der Waals surface area (Å²) in [4.78, 5) is 5.24. The highest BCUT2D eigenvalue weighted by molar-refractivity contribution is 4.89. The van der Waals surface area contributed by atoms with E-state index in [9.17, 15) is 0 Å². The Hall–Kier alpha value is -0.120. The van der Waals surface area contributed by atoms with Crippen molar-refractivity contribution in [2.24, 2.45) is 5.92 Å². The molecule has 0 aromatic heterocycles. The molecule has 0 aromatic carbocycles. The van der Waals surface area contributed by atoms with Crippen molar-refractivity contribution in [3.05, 3.63) is 0 Å². The average molecular weight is 267 g/mol. The topological polar surface area (TPSA) is 18.5 Å². The van der Waals surface area contributed by atoms with Gasteiger partial charge in [0.05, 0.1) is 0 Å². The highest BCUT2D eigenvalue weighted by Crippen LogP contribution is 2.27. The fourth-order valence-corrected chi connectivity index (χ4v) is 3.85. The maximum Gasteiger partial charge on any atom is 0.0195 e. The van der Waals surface area contributed by atoms with Crippen molar-refractivity contribution in [1.82, 2.24) is 15.1 Å². The zero-order valence-electron chi connectivity index (χ0n) is 13.4. The molecule has 3 nitrogen and oxygen atoms in total. The number of nitrogens with one attached hydrogen (secondary N) is 1. The predicted molar refractivity (Wildman–Crippen MR) is 82.5 cm³/mol. The fraction of sp³-hybridized carbons (Fsp3) is 1.00. The molecule has 2 aliphatic rings. The molecule has 2 rings (SSSR count). The van der Waals surface area contributed by atoms with Gasteiger partial charge in [-0.25, -0.2) is 0 Å². The zero-order valence-corrected chi connectivity index (χ0v) is 13.4. The zero-order chi connectivity index (χ0) is 13.8. The lowest BCUT2D eigenvalue weighted by atomic mass is 10.0. The van der Waals surface area contributed by atoms with Crippen molar-refractivity contribution in [3.8, 4) is 0 Å². The Labute approximate surface area is 119 Å². The molecule has 1 aliphatic heterocycles. The monoisotopic (exact) mass is 267 g/mol. The summed E-state index contributed by atoms with van der Waals surface area (Å²) < 4.78 is 0. The first kappa shape index (κ1) is 15.3. The normalized spacial score (nSPS) is 37.9. The van der Waals surface area contributed by atoms with Crippen LogP contribution < -0.4 is 5.32 Å². The van der Waals surface area contributed by atoms with E-state index in [4.69, 9.17) is 0 Å². The number of piperazine rings is 1. The van der Waals surface area contributed by atoms with Crippen LogP contribution in [0.2, 0.25) is 0 Å². The first-order valence-electron chi connectivity index (χ1n) is 8.29. The van der Waals surface area contributed by atoms with Gasteiger partial charge in [0, 0.05) is 37.8 Å². The summed E-state index contributed by atoms with van der Waals surface area (Å²) in [5.74, 6) is 0.884. The molecule has 19 heavy (non-hydrogen) atoms. The van der Waals surface area contributed by atoms with Crippen molar-refractivity contribution in [2.75, 3.05) is 33.2 Å². The molecule has 112 valence electrons. The molecule has 0 spiro atoms. The number of hydrogen-bond donors (Lipinski definition) is 1. The first-order valence-corrected chi connectivity index (χ1v) is 8.29. The van der Waals surface area contributed by atoms with Gasteiger partial charge in [0.1, 0.15) is 0 Å². The van der Waals surface area contributed by atoms with Crippen molar-refractivity contribution in [2.45, 2.75) is 64.6 Å². The molecule has 1 saturated carbocycles. The van der Waals surface area contributed by atoms with E-state index in [1.807, 2.05) is 0 Å². The van der Waals surface area contributed by atoms with E-state index in [1.165, 1.54) is 51.9 Å². The summed E-state index contributed by atoms with van der Waals surface area (Å²) in [6.07, 6.45) is 5.50. The third-order valence-corrected chi connectivity index (χ3v) is 5.24. The van der Waals surface area contributed by atoms with Crippen LogP contribution in [-0.4, -0.2) is 61.2 Å². The Morgan fingerprint density at radius 3 is 2.42 bits per heavy atom. The third kappa shape index (κ3) is 3.93. The van der Waals surface area contributed by atoms with Gasteiger partial charge in [-0.15, -0.1) is 0 Å². The molecule has 0 aromatic rings. The van der Waals surface area contributed by atoms with Gasteiger partial charge >= 0.3 is 0 Å². The summed E-state index contributed by atoms with van der Waals surface area (Å²) >= 11 is 0. The molecule has 4 atom stereocenters. The number of hydrogen-bond acceptors (Lipinski definition) is 3. The third-order valence-electron chi connectivity index (χ3n) is 5.24. The van der Waals surface area contributed by atoms with Gasteiger partial charge in [0.25, 0.3) is 0 Å². The Morgan fingerprint density at radius 2 is 1.79 bits per heavy atom. The molecule has 1 heterocycles. The van der Waals surface area contributed by atoms with Crippen LogP contribution in [0.4, 0.5) is 0 Å². The summed E-state index contributed by atoms with van der Waals surface area (Å²) in [6.45, 7) is 12.0. The molecular weight excluding hydrogens is 234 g/mol. The Kier molecular flexibility index (Phi) is 5.67. The SMILES string of the molecule is CCCNC1CCCC1CN1CC(C)N(C)C(C)C1. The van der Waals surface area contributed by atoms with Gasteiger partial charge in [-0.1, -0.05) is 13.3 Å². The van der Waals surface area contributed by atoms with E-state index < -0.39 is 0 Å². The van der Waals surface area contributed by atoms with Gasteiger partial charge in [-0.2, -0.15) is 0 Å². The van der Waals surface area contributed by atoms with E-state index in [-0.39, 0.29) is 0 Å². The van der Waals surface area contributed by atoms with Crippen LogP contribution in [0, 0.1) is 5.92 Å². The second-order valence-electron chi connectivity index (χ2n) is 6.83. The molecule has 1 N–H and O–H groups in total. The van der Waals surface area contributed by atoms with Crippen LogP contribution in [0.15, 0.2) is 0 Å². The van der Waals surface area contributed by atoms with Crippen LogP contribution >= 0.6 is 0 Å². The molecule has 0 amide bonds. The minimum Gasteiger partial charge on any atom is -0.314 e. The lowest BCUT2D eigenvalue weighted by Gasteiger charge is -2.43. The van der Waals surface area contributed by atoms with Gasteiger partial charge in [0.2, 0.25) is 0 Å². The molecular formula is C16H33N3. The smallest absolute Gasteiger partial charge is 0.0195 e. The lowest BCUT2D eigenvalue weighted by molar-refractivity contribution is 0.0486. The lowest BCUT2D eigenvalue weighted by Crippen LogP contribution is -2.56. The van der Waals surface area contributed by atoms with Gasteiger partial charge in [0.15, 0.2) is 0 Å². The van der Waals surface area contributed by atoms with Gasteiger partial charge in [-0.3, -0.25) is 9.80 Å². The molecule has 0 bridgehead atoms. The van der Waals surface area contributed by atoms with Gasteiger partial charge in [-0.05, 0) is 52.6 Å². The van der Waals surface area contributed by atoms with E-state index in [2.05, 4.69) is 42.9 Å². The highest BCUT2D eigenvalue weighted by atomic mass is 15.3. The Morgan fingerprint density at radius 1 is 1.11 bits per heavy atom. The fourth-order valence-electron chi connectivity index (χ4n) is 3.85. The summed E-state index contributed by atoms with van der Waals surface area (Å²) in [7, 11) is 2.27. The minimum absolute atomic E-state index is 0.701. The van der Waals surface area contributed by atoms with Crippen molar-refractivity contribution >= 4 is 0 Å². The maximum absolute atomic E-state index is 3.77. The van der Waals surface area contributed by atoms with E-state index in [0.717, 1.165) is 12.0 Å². The number of likely N-dealkylation sites (N-methyl/N-ethyl adjacent to an activating group) is 1. The van der Waals surface area contributed by atoms with Crippen LogP contribution in [0.25, 0.3) is 0 Å². The second-order valence-corrected chi connectivity index (χ2v) is 6.83. The Bertz CT molecular complexity index is 257.